The predicted molar refractivity (Wildman–Crippen MR) is 103 cm³/mol. The summed E-state index contributed by atoms with van der Waals surface area (Å²) in [6, 6.07) is 9.15. The molecule has 0 aliphatic carbocycles. The smallest absolute Gasteiger partial charge is 0.437 e. The summed E-state index contributed by atoms with van der Waals surface area (Å²) < 4.78 is 10.3. The molecule has 8 heteroatoms. The summed E-state index contributed by atoms with van der Waals surface area (Å²) in [7, 11) is 0. The average Bonchev–Trinajstić information content (AvgIpc) is 2.61. The quantitative estimate of drug-likeness (QED) is 0.481. The molecule has 1 fully saturated rings. The molecule has 0 unspecified atom stereocenters. The molecule has 1 aromatic rings. The van der Waals surface area contributed by atoms with E-state index in [0.717, 1.165) is 5.56 Å². The first-order valence-electron chi connectivity index (χ1n) is 9.24. The molecule has 0 spiro atoms. The minimum absolute atomic E-state index is 0.0294. The third kappa shape index (κ3) is 6.68. The fraction of sp³-hybridized carbons (Fsp3) is 0.500. The Morgan fingerprint density at radius 3 is 2.57 bits per heavy atom. The molecule has 1 heterocycles. The Kier molecular flexibility index (Phi) is 7.14. The van der Waals surface area contributed by atoms with E-state index in [-0.39, 0.29) is 24.9 Å². The van der Waals surface area contributed by atoms with E-state index in [1.165, 1.54) is 4.90 Å². The zero-order valence-electron chi connectivity index (χ0n) is 16.5. The number of carbonyl (C=O) groups is 3. The Morgan fingerprint density at radius 2 is 1.93 bits per heavy atom. The first kappa shape index (κ1) is 21.4. The Hall–Kier alpha value is -2.90. The van der Waals surface area contributed by atoms with Crippen molar-refractivity contribution < 1.29 is 23.9 Å². The number of nitrogens with two attached hydrogens (primary N) is 1. The van der Waals surface area contributed by atoms with E-state index in [4.69, 9.17) is 15.2 Å². The van der Waals surface area contributed by atoms with Crippen LogP contribution < -0.4 is 5.73 Å². The molecule has 152 valence electrons. The van der Waals surface area contributed by atoms with E-state index < -0.39 is 23.6 Å². The molecule has 0 aromatic heterocycles. The van der Waals surface area contributed by atoms with Gasteiger partial charge in [0.25, 0.3) is 0 Å². The standard InChI is InChI=1S/C20H27N3O5/c1-20(2,3)28-16(24)12-15-10-7-11-23(17(15)25)18(21)22-19(26)27-13-14-8-5-4-6-9-14/h4-6,8-9,15H,7,10-13H2,1-3H3,(H2,21,22,26)/t15-/m1/s1. The van der Waals surface area contributed by atoms with Crippen LogP contribution in [0.1, 0.15) is 45.6 Å². The molecular formula is C20H27N3O5. The number of guanidine groups is 1. The molecule has 8 nitrogen and oxygen atoms in total. The third-order valence-electron chi connectivity index (χ3n) is 4.07. The number of ether oxygens (including phenoxy) is 2. The van der Waals surface area contributed by atoms with Crippen LogP contribution in [0, 0.1) is 5.92 Å². The van der Waals surface area contributed by atoms with Gasteiger partial charge in [0, 0.05) is 12.5 Å². The molecule has 1 aliphatic heterocycles. The van der Waals surface area contributed by atoms with Gasteiger partial charge >= 0.3 is 12.1 Å². The number of piperidine rings is 1. The number of esters is 1. The van der Waals surface area contributed by atoms with Crippen molar-refractivity contribution in [2.75, 3.05) is 6.54 Å². The van der Waals surface area contributed by atoms with Crippen molar-refractivity contribution in [2.45, 2.75) is 52.2 Å². The lowest BCUT2D eigenvalue weighted by Crippen LogP contribution is -2.49. The van der Waals surface area contributed by atoms with Crippen LogP contribution in [0.15, 0.2) is 35.3 Å². The highest BCUT2D eigenvalue weighted by Crippen LogP contribution is 2.23. The molecule has 2 amide bonds. The van der Waals surface area contributed by atoms with E-state index in [1.807, 2.05) is 30.3 Å². The Labute approximate surface area is 164 Å². The molecule has 2 N–H and O–H groups in total. The fourth-order valence-corrected chi connectivity index (χ4v) is 2.86. The maximum absolute atomic E-state index is 12.6. The number of aliphatic imine (C=N–C) groups is 1. The summed E-state index contributed by atoms with van der Waals surface area (Å²) in [4.78, 5) is 41.4. The van der Waals surface area contributed by atoms with Crippen molar-refractivity contribution in [3.63, 3.8) is 0 Å². The first-order chi connectivity index (χ1) is 13.2. The van der Waals surface area contributed by atoms with Crippen molar-refractivity contribution in [3.05, 3.63) is 35.9 Å². The summed E-state index contributed by atoms with van der Waals surface area (Å²) in [5, 5.41) is 0. The van der Waals surface area contributed by atoms with Crippen LogP contribution in [-0.4, -0.2) is 41.0 Å². The highest BCUT2D eigenvalue weighted by atomic mass is 16.6. The van der Waals surface area contributed by atoms with Gasteiger partial charge in [-0.25, -0.2) is 4.79 Å². The number of rotatable bonds is 4. The minimum Gasteiger partial charge on any atom is -0.460 e. The largest absolute Gasteiger partial charge is 0.460 e. The van der Waals surface area contributed by atoms with Crippen molar-refractivity contribution >= 4 is 23.9 Å². The van der Waals surface area contributed by atoms with Gasteiger partial charge in [0.15, 0.2) is 0 Å². The molecule has 1 saturated heterocycles. The first-order valence-corrected chi connectivity index (χ1v) is 9.24. The lowest BCUT2D eigenvalue weighted by atomic mass is 9.94. The van der Waals surface area contributed by atoms with Crippen molar-refractivity contribution in [3.8, 4) is 0 Å². The van der Waals surface area contributed by atoms with Gasteiger partial charge in [0.2, 0.25) is 11.9 Å². The Bertz CT molecular complexity index is 740. The number of nitrogens with zero attached hydrogens (tertiary/aromatic N) is 2. The second-order valence-electron chi connectivity index (χ2n) is 7.63. The predicted octanol–water partition coefficient (Wildman–Crippen LogP) is 2.61. The van der Waals surface area contributed by atoms with Crippen LogP contribution in [0.25, 0.3) is 0 Å². The molecule has 1 aliphatic rings. The topological polar surface area (TPSA) is 111 Å². The Balaban J connectivity index is 1.93. The van der Waals surface area contributed by atoms with Crippen LogP contribution in [0.2, 0.25) is 0 Å². The van der Waals surface area contributed by atoms with Crippen molar-refractivity contribution in [1.29, 1.82) is 0 Å². The lowest BCUT2D eigenvalue weighted by Gasteiger charge is -2.31. The Morgan fingerprint density at radius 1 is 1.25 bits per heavy atom. The number of amides is 2. The fourth-order valence-electron chi connectivity index (χ4n) is 2.86. The summed E-state index contributed by atoms with van der Waals surface area (Å²) in [6.45, 7) is 5.71. The monoisotopic (exact) mass is 389 g/mol. The van der Waals surface area contributed by atoms with Gasteiger partial charge in [0.1, 0.15) is 12.2 Å². The third-order valence-corrected chi connectivity index (χ3v) is 4.07. The highest BCUT2D eigenvalue weighted by molar-refractivity contribution is 6.01. The zero-order valence-corrected chi connectivity index (χ0v) is 16.5. The molecule has 1 aromatic carbocycles. The van der Waals surface area contributed by atoms with Gasteiger partial charge in [-0.1, -0.05) is 30.3 Å². The summed E-state index contributed by atoms with van der Waals surface area (Å²) in [5.74, 6) is -1.55. The van der Waals surface area contributed by atoms with Gasteiger partial charge in [-0.05, 0) is 39.2 Å². The molecule has 2 rings (SSSR count). The maximum Gasteiger partial charge on any atom is 0.437 e. The number of hydrogen-bond acceptors (Lipinski definition) is 5. The second kappa shape index (κ2) is 9.34. The van der Waals surface area contributed by atoms with Gasteiger partial charge < -0.3 is 15.2 Å². The normalized spacial score (nSPS) is 18.0. The van der Waals surface area contributed by atoms with Crippen LogP contribution in [0.3, 0.4) is 0 Å². The number of likely N-dealkylation sites (tertiary alicyclic amines) is 1. The number of carbonyl (C=O) groups excluding carboxylic acids is 3. The van der Waals surface area contributed by atoms with Gasteiger partial charge in [-0.15, -0.1) is 4.99 Å². The van der Waals surface area contributed by atoms with Crippen LogP contribution in [0.5, 0.6) is 0 Å². The zero-order chi connectivity index (χ0) is 20.7. The van der Waals surface area contributed by atoms with Crippen LogP contribution in [0.4, 0.5) is 4.79 Å². The van der Waals surface area contributed by atoms with E-state index in [1.54, 1.807) is 20.8 Å². The van der Waals surface area contributed by atoms with E-state index in [9.17, 15) is 14.4 Å². The molecule has 28 heavy (non-hydrogen) atoms. The number of benzene rings is 1. The molecule has 0 saturated carbocycles. The van der Waals surface area contributed by atoms with E-state index in [0.29, 0.717) is 19.4 Å². The summed E-state index contributed by atoms with van der Waals surface area (Å²) in [6.07, 6.45) is 0.302. The summed E-state index contributed by atoms with van der Waals surface area (Å²) >= 11 is 0. The molecule has 1 atom stereocenters. The van der Waals surface area contributed by atoms with Gasteiger partial charge in [-0.2, -0.15) is 0 Å². The van der Waals surface area contributed by atoms with Gasteiger partial charge in [0.05, 0.1) is 6.42 Å². The highest BCUT2D eigenvalue weighted by Gasteiger charge is 2.33. The SMILES string of the molecule is CC(C)(C)OC(=O)C[C@H]1CCCN(/C(N)=N/C(=O)OCc2ccccc2)C1=O. The van der Waals surface area contributed by atoms with Crippen LogP contribution in [-0.2, 0) is 25.7 Å². The van der Waals surface area contributed by atoms with Crippen LogP contribution >= 0.6 is 0 Å². The van der Waals surface area contributed by atoms with E-state index >= 15 is 0 Å². The lowest BCUT2D eigenvalue weighted by molar-refractivity contribution is -0.158. The number of hydrogen-bond donors (Lipinski definition) is 1. The van der Waals surface area contributed by atoms with Crippen molar-refractivity contribution in [1.82, 2.24) is 4.90 Å². The maximum atomic E-state index is 12.6. The van der Waals surface area contributed by atoms with Crippen molar-refractivity contribution in [2.24, 2.45) is 16.6 Å². The second-order valence-corrected chi connectivity index (χ2v) is 7.63. The summed E-state index contributed by atoms with van der Waals surface area (Å²) in [5.41, 5.74) is 6.04. The average molecular weight is 389 g/mol. The molecule has 0 radical (unpaired) electrons. The molecule has 0 bridgehead atoms. The minimum atomic E-state index is -0.872. The molecular weight excluding hydrogens is 362 g/mol. The van der Waals surface area contributed by atoms with Gasteiger partial charge in [-0.3, -0.25) is 14.5 Å². The van der Waals surface area contributed by atoms with E-state index in [2.05, 4.69) is 4.99 Å².